The number of rotatable bonds is 3. The van der Waals surface area contributed by atoms with Gasteiger partial charge in [-0.1, -0.05) is 0 Å². The van der Waals surface area contributed by atoms with Crippen molar-refractivity contribution in [2.45, 2.75) is 13.5 Å². The minimum absolute atomic E-state index is 0.145. The Morgan fingerprint density at radius 1 is 1.41 bits per heavy atom. The van der Waals surface area contributed by atoms with Crippen LogP contribution in [0.3, 0.4) is 0 Å². The number of fused-ring (bicyclic) bond motifs is 1. The molecule has 4 heteroatoms. The van der Waals surface area contributed by atoms with Gasteiger partial charge in [0.25, 0.3) is 0 Å². The van der Waals surface area contributed by atoms with Gasteiger partial charge in [0.05, 0.1) is 6.54 Å². The molecule has 1 aromatic carbocycles. The average molecular weight is 226 g/mol. The van der Waals surface area contributed by atoms with Crippen molar-refractivity contribution >= 4 is 23.5 Å². The number of hydrogen-bond acceptors (Lipinski definition) is 3. The second-order valence-electron chi connectivity index (χ2n) is 3.75. The number of nitrogens with zero attached hydrogens (tertiary/aromatic N) is 2. The molecule has 0 amide bonds. The predicted octanol–water partition coefficient (Wildman–Crippen LogP) is 1.83. The Morgan fingerprint density at radius 2 is 2.18 bits per heavy atom. The molecule has 0 bridgehead atoms. The van der Waals surface area contributed by atoms with Crippen LogP contribution in [-0.4, -0.2) is 17.1 Å². The molecule has 2 rings (SSSR count). The lowest BCUT2D eigenvalue weighted by Gasteiger charge is -2.03. The summed E-state index contributed by atoms with van der Waals surface area (Å²) in [5.74, 6) is 0. The van der Waals surface area contributed by atoms with Crippen LogP contribution in [0.2, 0.25) is 0 Å². The summed E-state index contributed by atoms with van der Waals surface area (Å²) in [5, 5.41) is 9.85. The number of aromatic nitrogens is 1. The summed E-state index contributed by atoms with van der Waals surface area (Å²) in [6, 6.07) is 7.22. The van der Waals surface area contributed by atoms with Gasteiger partial charge in [-0.25, -0.2) is 0 Å². The molecule has 0 radical (unpaired) electrons. The second kappa shape index (κ2) is 4.22. The predicted molar refractivity (Wildman–Crippen MR) is 62.8 cm³/mol. The van der Waals surface area contributed by atoms with Gasteiger partial charge in [-0.3, -0.25) is 4.79 Å². The van der Waals surface area contributed by atoms with E-state index in [9.17, 15) is 9.59 Å². The van der Waals surface area contributed by atoms with Crippen LogP contribution in [0.4, 0.5) is 0 Å². The molecule has 0 N–H and O–H groups in total. The summed E-state index contributed by atoms with van der Waals surface area (Å²) in [4.78, 5) is 21.4. The van der Waals surface area contributed by atoms with Crippen LogP contribution in [0.5, 0.6) is 0 Å². The lowest BCUT2D eigenvalue weighted by Crippen LogP contribution is -2.01. The molecule has 0 spiro atoms. The second-order valence-corrected chi connectivity index (χ2v) is 3.75. The minimum Gasteiger partial charge on any atom is -0.325 e. The maximum Gasteiger partial charge on any atom is 0.150 e. The first-order chi connectivity index (χ1) is 8.22. The van der Waals surface area contributed by atoms with Crippen LogP contribution in [0.1, 0.15) is 21.6 Å². The molecule has 0 aliphatic rings. The Morgan fingerprint density at radius 3 is 2.76 bits per heavy atom. The number of benzene rings is 1. The molecule has 0 fully saturated rings. The number of aryl methyl sites for hydroxylation is 1. The van der Waals surface area contributed by atoms with E-state index >= 15 is 0 Å². The average Bonchev–Trinajstić information content (AvgIpc) is 2.70. The van der Waals surface area contributed by atoms with Crippen molar-refractivity contribution in [2.75, 3.05) is 0 Å². The van der Waals surface area contributed by atoms with Crippen molar-refractivity contribution in [3.05, 3.63) is 35.0 Å². The molecule has 4 nitrogen and oxygen atoms in total. The van der Waals surface area contributed by atoms with E-state index in [0.717, 1.165) is 29.0 Å². The highest BCUT2D eigenvalue weighted by molar-refractivity contribution is 5.93. The molecule has 84 valence electrons. The molecular weight excluding hydrogens is 216 g/mol. The maximum absolute atomic E-state index is 10.8. The Bertz CT molecular complexity index is 647. The SMILES string of the molecule is Cc1c(C=O)ccc2c1cc(C#N)n2CC=O. The molecule has 0 unspecified atom stereocenters. The standard InChI is InChI=1S/C13H10N2O2/c1-9-10(8-17)2-3-13-12(9)6-11(7-14)15(13)4-5-16/h2-3,5-6,8H,4H2,1H3. The zero-order chi connectivity index (χ0) is 12.4. The molecule has 1 aromatic heterocycles. The van der Waals surface area contributed by atoms with E-state index in [1.54, 1.807) is 22.8 Å². The van der Waals surface area contributed by atoms with E-state index in [1.165, 1.54) is 0 Å². The fourth-order valence-electron chi connectivity index (χ4n) is 1.98. The molecular formula is C13H10N2O2. The van der Waals surface area contributed by atoms with Crippen molar-refractivity contribution in [1.29, 1.82) is 5.26 Å². The van der Waals surface area contributed by atoms with Crippen molar-refractivity contribution in [1.82, 2.24) is 4.57 Å². The third-order valence-corrected chi connectivity index (χ3v) is 2.90. The van der Waals surface area contributed by atoms with Crippen LogP contribution in [0.25, 0.3) is 10.9 Å². The van der Waals surface area contributed by atoms with E-state index in [0.29, 0.717) is 11.3 Å². The quantitative estimate of drug-likeness (QED) is 0.750. The van der Waals surface area contributed by atoms with Gasteiger partial charge in [0.15, 0.2) is 0 Å². The third kappa shape index (κ3) is 1.62. The monoisotopic (exact) mass is 226 g/mol. The largest absolute Gasteiger partial charge is 0.325 e. The van der Waals surface area contributed by atoms with Crippen LogP contribution < -0.4 is 0 Å². The molecule has 2 aromatic rings. The minimum atomic E-state index is 0.145. The van der Waals surface area contributed by atoms with Gasteiger partial charge in [0.2, 0.25) is 0 Å². The summed E-state index contributed by atoms with van der Waals surface area (Å²) in [7, 11) is 0. The van der Waals surface area contributed by atoms with Gasteiger partial charge < -0.3 is 9.36 Å². The Hall–Kier alpha value is -2.41. The molecule has 17 heavy (non-hydrogen) atoms. The summed E-state index contributed by atoms with van der Waals surface area (Å²) in [6.45, 7) is 1.98. The molecule has 0 saturated heterocycles. The summed E-state index contributed by atoms with van der Waals surface area (Å²) < 4.78 is 1.64. The number of carbonyl (C=O) groups is 2. The van der Waals surface area contributed by atoms with Crippen LogP contribution >= 0.6 is 0 Å². The normalized spacial score (nSPS) is 10.1. The van der Waals surface area contributed by atoms with Gasteiger partial charge in [-0.15, -0.1) is 0 Å². The van der Waals surface area contributed by atoms with E-state index in [1.807, 2.05) is 6.92 Å². The molecule has 1 heterocycles. The van der Waals surface area contributed by atoms with E-state index in [-0.39, 0.29) is 6.54 Å². The Labute approximate surface area is 98.1 Å². The number of carbonyl (C=O) groups excluding carboxylic acids is 2. The first-order valence-corrected chi connectivity index (χ1v) is 5.14. The van der Waals surface area contributed by atoms with Gasteiger partial charge in [0.1, 0.15) is 24.3 Å². The third-order valence-electron chi connectivity index (χ3n) is 2.90. The van der Waals surface area contributed by atoms with Gasteiger partial charge in [-0.05, 0) is 30.7 Å². The van der Waals surface area contributed by atoms with Crippen molar-refractivity contribution in [2.24, 2.45) is 0 Å². The summed E-state index contributed by atoms with van der Waals surface area (Å²) in [6.07, 6.45) is 1.54. The summed E-state index contributed by atoms with van der Waals surface area (Å²) in [5.41, 5.74) is 2.67. The first kappa shape index (κ1) is 11.1. The number of hydrogen-bond donors (Lipinski definition) is 0. The molecule has 0 atom stereocenters. The first-order valence-electron chi connectivity index (χ1n) is 5.14. The van der Waals surface area contributed by atoms with Crippen molar-refractivity contribution in [3.8, 4) is 6.07 Å². The maximum atomic E-state index is 10.8. The molecule has 0 saturated carbocycles. The highest BCUT2D eigenvalue weighted by Gasteiger charge is 2.11. The van der Waals surface area contributed by atoms with Crippen LogP contribution in [0.15, 0.2) is 18.2 Å². The van der Waals surface area contributed by atoms with Crippen LogP contribution in [-0.2, 0) is 11.3 Å². The van der Waals surface area contributed by atoms with Gasteiger partial charge >= 0.3 is 0 Å². The Balaban J connectivity index is 2.83. The zero-order valence-corrected chi connectivity index (χ0v) is 9.30. The van der Waals surface area contributed by atoms with E-state index in [2.05, 4.69) is 6.07 Å². The number of nitriles is 1. The fourth-order valence-corrected chi connectivity index (χ4v) is 1.98. The van der Waals surface area contributed by atoms with E-state index < -0.39 is 0 Å². The summed E-state index contributed by atoms with van der Waals surface area (Å²) >= 11 is 0. The lowest BCUT2D eigenvalue weighted by atomic mass is 10.1. The Kier molecular flexibility index (Phi) is 2.75. The topological polar surface area (TPSA) is 62.9 Å². The highest BCUT2D eigenvalue weighted by atomic mass is 16.1. The van der Waals surface area contributed by atoms with Gasteiger partial charge in [0, 0.05) is 16.5 Å². The zero-order valence-electron chi connectivity index (χ0n) is 9.30. The lowest BCUT2D eigenvalue weighted by molar-refractivity contribution is -0.108. The molecule has 0 aliphatic carbocycles. The van der Waals surface area contributed by atoms with Gasteiger partial charge in [-0.2, -0.15) is 5.26 Å². The van der Waals surface area contributed by atoms with E-state index in [4.69, 9.17) is 5.26 Å². The highest BCUT2D eigenvalue weighted by Crippen LogP contribution is 2.24. The van der Waals surface area contributed by atoms with Crippen molar-refractivity contribution < 1.29 is 9.59 Å². The number of aldehydes is 2. The molecule has 0 aliphatic heterocycles. The van der Waals surface area contributed by atoms with Crippen molar-refractivity contribution in [3.63, 3.8) is 0 Å². The van der Waals surface area contributed by atoms with Crippen LogP contribution in [0, 0.1) is 18.3 Å². The fraction of sp³-hybridized carbons (Fsp3) is 0.154. The smallest absolute Gasteiger partial charge is 0.150 e.